The second kappa shape index (κ2) is 4.68. The molecule has 1 aromatic rings. The summed E-state index contributed by atoms with van der Waals surface area (Å²) in [6.45, 7) is 0. The highest BCUT2D eigenvalue weighted by Crippen LogP contribution is 2.36. The van der Waals surface area contributed by atoms with E-state index < -0.39 is 16.7 Å². The van der Waals surface area contributed by atoms with Crippen LogP contribution >= 0.6 is 11.6 Å². The van der Waals surface area contributed by atoms with Crippen LogP contribution in [0.5, 0.6) is 0 Å². The lowest BCUT2D eigenvalue weighted by Gasteiger charge is -2.20. The Hall–Kier alpha value is -0.670. The minimum atomic E-state index is -0.735. The summed E-state index contributed by atoms with van der Waals surface area (Å²) in [6, 6.07) is 2.20. The highest BCUT2D eigenvalue weighted by molar-refractivity contribution is 6.30. The van der Waals surface area contributed by atoms with Gasteiger partial charge in [0.25, 0.3) is 0 Å². The molecule has 1 aliphatic carbocycles. The van der Waals surface area contributed by atoms with Gasteiger partial charge in [0.15, 0.2) is 0 Å². The average Bonchev–Trinajstić information content (AvgIpc) is 2.79. The van der Waals surface area contributed by atoms with Crippen LogP contribution in [0.4, 0.5) is 8.78 Å². The zero-order valence-electron chi connectivity index (χ0n) is 8.85. The molecule has 88 valence electrons. The fraction of sp³-hybridized carbons (Fsp3) is 0.500. The maximum absolute atomic E-state index is 13.7. The summed E-state index contributed by atoms with van der Waals surface area (Å²) in [6.07, 6.45) is 4.29. The molecule has 1 atom stereocenters. The lowest BCUT2D eigenvalue weighted by molar-refractivity contribution is 0.427. The zero-order valence-corrected chi connectivity index (χ0v) is 9.61. The monoisotopic (exact) mass is 245 g/mol. The topological polar surface area (TPSA) is 26.0 Å². The Labute approximate surface area is 98.6 Å². The Bertz CT molecular complexity index is 389. The highest BCUT2D eigenvalue weighted by atomic mass is 35.5. The molecule has 0 radical (unpaired) electrons. The first-order valence-electron chi connectivity index (χ1n) is 5.50. The normalized spacial score (nSPS) is 19.0. The van der Waals surface area contributed by atoms with Gasteiger partial charge in [0, 0.05) is 11.6 Å². The minimum Gasteiger partial charge on any atom is -0.324 e. The molecule has 1 saturated carbocycles. The summed E-state index contributed by atoms with van der Waals surface area (Å²) < 4.78 is 26.7. The highest BCUT2D eigenvalue weighted by Gasteiger charge is 2.26. The first-order valence-corrected chi connectivity index (χ1v) is 5.88. The van der Waals surface area contributed by atoms with Crippen LogP contribution in [0.25, 0.3) is 0 Å². The van der Waals surface area contributed by atoms with Crippen molar-refractivity contribution < 1.29 is 8.78 Å². The van der Waals surface area contributed by atoms with Crippen LogP contribution in [-0.4, -0.2) is 0 Å². The predicted octanol–water partition coefficient (Wildman–Crippen LogP) is 3.81. The molecular formula is C12H14ClF2N. The SMILES string of the molecule is NC(c1ccc(F)c(Cl)c1F)C1CCCC1. The van der Waals surface area contributed by atoms with Crippen LogP contribution in [0.1, 0.15) is 37.3 Å². The maximum Gasteiger partial charge on any atom is 0.149 e. The first kappa shape index (κ1) is 11.8. The van der Waals surface area contributed by atoms with E-state index >= 15 is 0 Å². The molecule has 0 bridgehead atoms. The van der Waals surface area contributed by atoms with Gasteiger partial charge in [-0.2, -0.15) is 0 Å². The van der Waals surface area contributed by atoms with Gasteiger partial charge in [0.05, 0.1) is 0 Å². The standard InChI is InChI=1S/C12H14ClF2N/c13-10-9(14)6-5-8(11(10)15)12(16)7-3-1-2-4-7/h5-7,12H,1-4,16H2. The summed E-state index contributed by atoms with van der Waals surface area (Å²) in [7, 11) is 0. The van der Waals surface area contributed by atoms with E-state index in [1.807, 2.05) is 0 Å². The molecule has 1 nitrogen and oxygen atoms in total. The molecule has 0 saturated heterocycles. The molecule has 16 heavy (non-hydrogen) atoms. The van der Waals surface area contributed by atoms with Gasteiger partial charge < -0.3 is 5.73 Å². The van der Waals surface area contributed by atoms with E-state index in [4.69, 9.17) is 17.3 Å². The molecule has 2 N–H and O–H groups in total. The van der Waals surface area contributed by atoms with Crippen LogP contribution in [0.15, 0.2) is 12.1 Å². The van der Waals surface area contributed by atoms with Crippen LogP contribution in [0.3, 0.4) is 0 Å². The van der Waals surface area contributed by atoms with Gasteiger partial charge >= 0.3 is 0 Å². The molecule has 1 aliphatic rings. The van der Waals surface area contributed by atoms with Crippen molar-refractivity contribution in [2.24, 2.45) is 11.7 Å². The molecule has 4 heteroatoms. The predicted molar refractivity (Wildman–Crippen MR) is 60.3 cm³/mol. The summed E-state index contributed by atoms with van der Waals surface area (Å²) in [4.78, 5) is 0. The molecular weight excluding hydrogens is 232 g/mol. The van der Waals surface area contributed by atoms with Crippen molar-refractivity contribution in [3.8, 4) is 0 Å². The largest absolute Gasteiger partial charge is 0.324 e. The third-order valence-corrected chi connectivity index (χ3v) is 3.68. The smallest absolute Gasteiger partial charge is 0.149 e. The van der Waals surface area contributed by atoms with E-state index in [-0.39, 0.29) is 12.0 Å². The molecule has 0 amide bonds. The van der Waals surface area contributed by atoms with Gasteiger partial charge in [0.1, 0.15) is 16.7 Å². The van der Waals surface area contributed by atoms with E-state index in [0.717, 1.165) is 25.7 Å². The number of hydrogen-bond donors (Lipinski definition) is 1. The van der Waals surface area contributed by atoms with Crippen molar-refractivity contribution in [1.82, 2.24) is 0 Å². The van der Waals surface area contributed by atoms with Crippen molar-refractivity contribution in [3.05, 3.63) is 34.4 Å². The van der Waals surface area contributed by atoms with Gasteiger partial charge in [-0.3, -0.25) is 0 Å². The van der Waals surface area contributed by atoms with Crippen molar-refractivity contribution >= 4 is 11.6 Å². The van der Waals surface area contributed by atoms with Crippen molar-refractivity contribution in [1.29, 1.82) is 0 Å². The van der Waals surface area contributed by atoms with Gasteiger partial charge in [-0.15, -0.1) is 0 Å². The average molecular weight is 246 g/mol. The van der Waals surface area contributed by atoms with Gasteiger partial charge in [-0.25, -0.2) is 8.78 Å². The number of hydrogen-bond acceptors (Lipinski definition) is 1. The molecule has 1 unspecified atom stereocenters. The Balaban J connectivity index is 2.29. The summed E-state index contributed by atoms with van der Waals surface area (Å²) in [5.41, 5.74) is 6.33. The Kier molecular flexibility index (Phi) is 3.45. The number of nitrogens with two attached hydrogens (primary N) is 1. The lowest BCUT2D eigenvalue weighted by atomic mass is 9.92. The zero-order chi connectivity index (χ0) is 11.7. The third kappa shape index (κ3) is 2.06. The summed E-state index contributed by atoms with van der Waals surface area (Å²) in [5, 5.41) is -0.453. The van der Waals surface area contributed by atoms with Gasteiger partial charge in [0.2, 0.25) is 0 Å². The van der Waals surface area contributed by atoms with Crippen molar-refractivity contribution in [2.45, 2.75) is 31.7 Å². The fourth-order valence-electron chi connectivity index (χ4n) is 2.37. The van der Waals surface area contributed by atoms with Crippen LogP contribution in [0, 0.1) is 17.6 Å². The van der Waals surface area contributed by atoms with Gasteiger partial charge in [-0.05, 0) is 24.8 Å². The summed E-state index contributed by atoms with van der Waals surface area (Å²) in [5.74, 6) is -1.15. The number of rotatable bonds is 2. The first-order chi connectivity index (χ1) is 7.61. The quantitative estimate of drug-likeness (QED) is 0.788. The van der Waals surface area contributed by atoms with Gasteiger partial charge in [-0.1, -0.05) is 30.5 Å². The molecule has 1 aromatic carbocycles. The molecule has 0 heterocycles. The molecule has 0 aromatic heterocycles. The lowest BCUT2D eigenvalue weighted by Crippen LogP contribution is -2.20. The Morgan fingerprint density at radius 3 is 2.50 bits per heavy atom. The second-order valence-electron chi connectivity index (χ2n) is 4.33. The molecule has 1 fully saturated rings. The third-order valence-electron chi connectivity index (χ3n) is 3.33. The van der Waals surface area contributed by atoms with Crippen molar-refractivity contribution in [2.75, 3.05) is 0 Å². The number of halogens is 3. The van der Waals surface area contributed by atoms with Crippen LogP contribution < -0.4 is 5.73 Å². The maximum atomic E-state index is 13.7. The van der Waals surface area contributed by atoms with Crippen LogP contribution in [0.2, 0.25) is 5.02 Å². The fourth-order valence-corrected chi connectivity index (χ4v) is 2.54. The molecule has 2 rings (SSSR count). The van der Waals surface area contributed by atoms with E-state index in [9.17, 15) is 8.78 Å². The molecule has 0 spiro atoms. The minimum absolute atomic E-state index is 0.288. The van der Waals surface area contributed by atoms with Crippen molar-refractivity contribution in [3.63, 3.8) is 0 Å². The Morgan fingerprint density at radius 2 is 1.88 bits per heavy atom. The Morgan fingerprint density at radius 1 is 1.25 bits per heavy atom. The van der Waals surface area contributed by atoms with E-state index in [2.05, 4.69) is 0 Å². The number of benzene rings is 1. The van der Waals surface area contributed by atoms with E-state index in [1.54, 1.807) is 0 Å². The van der Waals surface area contributed by atoms with E-state index in [1.165, 1.54) is 12.1 Å². The summed E-state index contributed by atoms with van der Waals surface area (Å²) >= 11 is 5.53. The van der Waals surface area contributed by atoms with Crippen LogP contribution in [-0.2, 0) is 0 Å². The molecule has 0 aliphatic heterocycles. The second-order valence-corrected chi connectivity index (χ2v) is 4.71. The van der Waals surface area contributed by atoms with E-state index in [0.29, 0.717) is 5.56 Å².